The Morgan fingerprint density at radius 3 is 2.32 bits per heavy atom. The van der Waals surface area contributed by atoms with E-state index in [0.29, 0.717) is 11.0 Å². The van der Waals surface area contributed by atoms with E-state index in [1.165, 1.54) is 6.07 Å². The van der Waals surface area contributed by atoms with E-state index in [-0.39, 0.29) is 10.7 Å². The first kappa shape index (κ1) is 13.1. The van der Waals surface area contributed by atoms with Gasteiger partial charge in [0.15, 0.2) is 5.76 Å². The van der Waals surface area contributed by atoms with Crippen LogP contribution in [0.25, 0.3) is 11.0 Å². The lowest BCUT2D eigenvalue weighted by atomic mass is 10.2. The van der Waals surface area contributed by atoms with E-state index in [2.05, 4.69) is 15.9 Å². The van der Waals surface area contributed by atoms with Crippen LogP contribution in [-0.2, 0) is 0 Å². The van der Waals surface area contributed by atoms with Gasteiger partial charge < -0.3 is 14.6 Å². The maximum Gasteiger partial charge on any atom is 0.424 e. The Bertz CT molecular complexity index is 678. The van der Waals surface area contributed by atoms with Gasteiger partial charge >= 0.3 is 18.1 Å². The highest BCUT2D eigenvalue weighted by Crippen LogP contribution is 2.24. The summed E-state index contributed by atoms with van der Waals surface area (Å²) in [4.78, 5) is 32.8. The lowest BCUT2D eigenvalue weighted by molar-refractivity contribution is 0.0705. The summed E-state index contributed by atoms with van der Waals surface area (Å²) in [7, 11) is 0. The molecule has 8 heteroatoms. The molecule has 0 spiro atoms. The lowest BCUT2D eigenvalue weighted by Gasteiger charge is -2.08. The highest BCUT2D eigenvalue weighted by molar-refractivity contribution is 9.10. The molecule has 0 radical (unpaired) electrons. The highest BCUT2D eigenvalue weighted by Gasteiger charge is 2.31. The van der Waals surface area contributed by atoms with Gasteiger partial charge in [-0.05, 0) is 24.3 Å². The topological polar surface area (TPSA) is 108 Å². The Hall–Kier alpha value is -2.35. The fourth-order valence-electron chi connectivity index (χ4n) is 1.49. The van der Waals surface area contributed by atoms with Crippen molar-refractivity contribution in [2.24, 2.45) is 0 Å². The predicted molar refractivity (Wildman–Crippen MR) is 66.1 cm³/mol. The zero-order valence-corrected chi connectivity index (χ0v) is 10.7. The number of amides is 3. The van der Waals surface area contributed by atoms with Crippen molar-refractivity contribution >= 4 is 45.0 Å². The van der Waals surface area contributed by atoms with E-state index in [0.717, 1.165) is 4.47 Å². The van der Waals surface area contributed by atoms with Crippen molar-refractivity contribution in [1.82, 2.24) is 4.90 Å². The van der Waals surface area contributed by atoms with Gasteiger partial charge in [0, 0.05) is 9.86 Å². The third-order valence-electron chi connectivity index (χ3n) is 2.27. The van der Waals surface area contributed by atoms with Crippen molar-refractivity contribution < 1.29 is 29.0 Å². The second-order valence-electron chi connectivity index (χ2n) is 3.50. The zero-order chi connectivity index (χ0) is 14.2. The van der Waals surface area contributed by atoms with E-state index in [1.54, 1.807) is 18.2 Å². The summed E-state index contributed by atoms with van der Waals surface area (Å²) in [5.74, 6) is -1.62. The van der Waals surface area contributed by atoms with Crippen LogP contribution in [-0.4, -0.2) is 33.2 Å². The summed E-state index contributed by atoms with van der Waals surface area (Å²) >= 11 is 3.23. The number of carbonyl (C=O) groups is 3. The summed E-state index contributed by atoms with van der Waals surface area (Å²) in [6.45, 7) is 0. The van der Waals surface area contributed by atoms with Crippen LogP contribution in [0.4, 0.5) is 9.59 Å². The summed E-state index contributed by atoms with van der Waals surface area (Å²) in [6.07, 6.45) is -3.78. The Balaban J connectivity index is 2.46. The molecule has 0 atom stereocenters. The van der Waals surface area contributed by atoms with Crippen molar-refractivity contribution in [2.75, 3.05) is 0 Å². The molecule has 19 heavy (non-hydrogen) atoms. The van der Waals surface area contributed by atoms with E-state index < -0.39 is 18.1 Å². The molecule has 3 amide bonds. The number of hydrogen-bond donors (Lipinski definition) is 2. The minimum absolute atomic E-state index is 0.341. The Morgan fingerprint density at radius 1 is 1.11 bits per heavy atom. The molecule has 0 aliphatic carbocycles. The first-order valence-corrected chi connectivity index (χ1v) is 5.69. The third-order valence-corrected chi connectivity index (χ3v) is 2.77. The summed E-state index contributed by atoms with van der Waals surface area (Å²) in [5.41, 5.74) is 0.349. The van der Waals surface area contributed by atoms with E-state index in [1.807, 2.05) is 0 Å². The molecule has 0 aliphatic heterocycles. The average molecular weight is 328 g/mol. The number of halogens is 1. The maximum atomic E-state index is 11.7. The van der Waals surface area contributed by atoms with Crippen molar-refractivity contribution in [3.8, 4) is 0 Å². The molecule has 1 aromatic heterocycles. The molecule has 2 N–H and O–H groups in total. The summed E-state index contributed by atoms with van der Waals surface area (Å²) in [6, 6.07) is 6.18. The fourth-order valence-corrected chi connectivity index (χ4v) is 1.86. The minimum Gasteiger partial charge on any atom is -0.464 e. The Labute approximate surface area is 114 Å². The summed E-state index contributed by atoms with van der Waals surface area (Å²) in [5, 5.41) is 17.9. The van der Waals surface area contributed by atoms with Gasteiger partial charge in [0.25, 0.3) is 0 Å². The molecule has 0 bridgehead atoms. The van der Waals surface area contributed by atoms with Crippen molar-refractivity contribution in [3.05, 3.63) is 34.5 Å². The van der Waals surface area contributed by atoms with Crippen LogP contribution in [0.2, 0.25) is 0 Å². The number of carbonyl (C=O) groups excluding carboxylic acids is 1. The molecular formula is C11H6BrNO6. The van der Waals surface area contributed by atoms with E-state index >= 15 is 0 Å². The molecule has 0 saturated carbocycles. The number of hydrogen-bond acceptors (Lipinski definition) is 4. The quantitative estimate of drug-likeness (QED) is 0.833. The lowest BCUT2D eigenvalue weighted by Crippen LogP contribution is -2.39. The number of imide groups is 3. The molecule has 7 nitrogen and oxygen atoms in total. The maximum absolute atomic E-state index is 11.7. The second-order valence-corrected chi connectivity index (χ2v) is 4.41. The number of nitrogens with zero attached hydrogens (tertiary/aromatic N) is 1. The molecule has 0 aliphatic rings. The summed E-state index contributed by atoms with van der Waals surface area (Å²) < 4.78 is 5.87. The van der Waals surface area contributed by atoms with Crippen LogP contribution < -0.4 is 0 Å². The van der Waals surface area contributed by atoms with Crippen LogP contribution in [0.15, 0.2) is 33.2 Å². The highest BCUT2D eigenvalue weighted by atomic mass is 79.9. The van der Waals surface area contributed by atoms with E-state index in [4.69, 9.17) is 14.6 Å². The van der Waals surface area contributed by atoms with Gasteiger partial charge in [-0.15, -0.1) is 4.90 Å². The van der Waals surface area contributed by atoms with Crippen molar-refractivity contribution in [2.45, 2.75) is 0 Å². The first-order valence-electron chi connectivity index (χ1n) is 4.89. The molecule has 2 rings (SSSR count). The number of fused-ring (bicyclic) bond motifs is 1. The smallest absolute Gasteiger partial charge is 0.424 e. The van der Waals surface area contributed by atoms with E-state index in [9.17, 15) is 14.4 Å². The Kier molecular flexibility index (Phi) is 3.26. The van der Waals surface area contributed by atoms with Crippen LogP contribution in [0, 0.1) is 0 Å². The monoisotopic (exact) mass is 327 g/mol. The van der Waals surface area contributed by atoms with Gasteiger partial charge in [-0.3, -0.25) is 4.79 Å². The van der Waals surface area contributed by atoms with Crippen molar-refractivity contribution in [3.63, 3.8) is 0 Å². The molecular weight excluding hydrogens is 322 g/mol. The van der Waals surface area contributed by atoms with Gasteiger partial charge in [0.05, 0.1) is 0 Å². The predicted octanol–water partition coefficient (Wildman–Crippen LogP) is 2.99. The third kappa shape index (κ3) is 2.43. The van der Waals surface area contributed by atoms with Crippen LogP contribution in [0.5, 0.6) is 0 Å². The van der Waals surface area contributed by atoms with Crippen LogP contribution in [0.1, 0.15) is 10.6 Å². The fraction of sp³-hybridized carbons (Fsp3) is 0. The minimum atomic E-state index is -1.89. The number of rotatable bonds is 1. The average Bonchev–Trinajstić information content (AvgIpc) is 2.70. The second kappa shape index (κ2) is 4.73. The number of carboxylic acid groups (broad SMARTS) is 2. The molecule has 98 valence electrons. The van der Waals surface area contributed by atoms with Gasteiger partial charge in [-0.2, -0.15) is 0 Å². The number of furan rings is 1. The SMILES string of the molecule is O=C(O)N(C(=O)O)C(=O)c1cc2cc(Br)ccc2o1. The zero-order valence-electron chi connectivity index (χ0n) is 9.16. The molecule has 1 aromatic carbocycles. The molecule has 0 unspecified atom stereocenters. The van der Waals surface area contributed by atoms with Gasteiger partial charge in [0.2, 0.25) is 0 Å². The molecule has 2 aromatic rings. The Morgan fingerprint density at radius 2 is 1.74 bits per heavy atom. The van der Waals surface area contributed by atoms with Crippen LogP contribution >= 0.6 is 15.9 Å². The largest absolute Gasteiger partial charge is 0.464 e. The van der Waals surface area contributed by atoms with Crippen molar-refractivity contribution in [1.29, 1.82) is 0 Å². The van der Waals surface area contributed by atoms with Gasteiger partial charge in [0.1, 0.15) is 5.58 Å². The molecule has 1 heterocycles. The van der Waals surface area contributed by atoms with Gasteiger partial charge in [-0.1, -0.05) is 15.9 Å². The normalized spacial score (nSPS) is 10.4. The van der Waals surface area contributed by atoms with Gasteiger partial charge in [-0.25, -0.2) is 9.59 Å². The standard InChI is InChI=1S/C11H6BrNO6/c12-6-1-2-7-5(3-6)4-8(19-7)9(14)13(10(15)16)11(17)18/h1-4H,(H,15,16)(H,17,18). The molecule has 0 fully saturated rings. The first-order chi connectivity index (χ1) is 8.90. The molecule has 0 saturated heterocycles. The van der Waals surface area contributed by atoms with Crippen LogP contribution in [0.3, 0.4) is 0 Å². The number of benzene rings is 1.